The van der Waals surface area contributed by atoms with Crippen molar-refractivity contribution in [3.05, 3.63) is 12.2 Å². The van der Waals surface area contributed by atoms with Gasteiger partial charge in [0.15, 0.2) is 0 Å². The quantitative estimate of drug-likeness (QED) is 0.613. The van der Waals surface area contributed by atoms with Crippen molar-refractivity contribution in [2.75, 3.05) is 26.2 Å². The van der Waals surface area contributed by atoms with Crippen molar-refractivity contribution in [2.45, 2.75) is 39.2 Å². The molecule has 1 fully saturated rings. The Labute approximate surface area is 93.7 Å². The molecule has 1 saturated heterocycles. The molecule has 0 bridgehead atoms. The Morgan fingerprint density at radius 1 is 1.20 bits per heavy atom. The first kappa shape index (κ1) is 11.2. The summed E-state index contributed by atoms with van der Waals surface area (Å²) in [7, 11) is 0. The minimum Gasteiger partial charge on any atom is -0.317 e. The average Bonchev–Trinajstić information content (AvgIpc) is 2.18. The lowest BCUT2D eigenvalue weighted by molar-refractivity contribution is 0.0757. The lowest BCUT2D eigenvalue weighted by Crippen LogP contribution is -2.52. The zero-order chi connectivity index (χ0) is 10.9. The van der Waals surface area contributed by atoms with Gasteiger partial charge in [0.1, 0.15) is 0 Å². The first-order valence-electron chi connectivity index (χ1n) is 6.15. The third-order valence-corrected chi connectivity index (χ3v) is 3.85. The smallest absolute Gasteiger partial charge is 0.0168 e. The largest absolute Gasteiger partial charge is 0.317 e. The molecule has 2 heterocycles. The summed E-state index contributed by atoms with van der Waals surface area (Å²) in [6.45, 7) is 11.7. The fraction of sp³-hybridized carbons (Fsp3) is 0.846. The van der Waals surface area contributed by atoms with Crippen LogP contribution in [0.3, 0.4) is 0 Å². The Morgan fingerprint density at radius 2 is 1.87 bits per heavy atom. The predicted octanol–water partition coefficient (Wildman–Crippen LogP) is 2.03. The maximum atomic E-state index is 3.46. The molecule has 0 atom stereocenters. The van der Waals surface area contributed by atoms with Crippen LogP contribution in [-0.4, -0.2) is 36.6 Å². The van der Waals surface area contributed by atoms with Gasteiger partial charge in [-0.25, -0.2) is 0 Å². The standard InChI is InChI=1S/C13H24N2/c1-12(2,3)15-10-4-5-13(11-15)6-8-14-9-7-13/h4-5,14H,6-11H2,1-3H3. The summed E-state index contributed by atoms with van der Waals surface area (Å²) < 4.78 is 0. The minimum atomic E-state index is 0.308. The highest BCUT2D eigenvalue weighted by molar-refractivity contribution is 5.09. The summed E-state index contributed by atoms with van der Waals surface area (Å²) in [6.07, 6.45) is 7.46. The fourth-order valence-electron chi connectivity index (χ4n) is 2.69. The minimum absolute atomic E-state index is 0.308. The molecule has 0 aromatic heterocycles. The van der Waals surface area contributed by atoms with Gasteiger partial charge in [0.25, 0.3) is 0 Å². The van der Waals surface area contributed by atoms with Gasteiger partial charge in [0.2, 0.25) is 0 Å². The number of nitrogens with zero attached hydrogens (tertiary/aromatic N) is 1. The second-order valence-electron chi connectivity index (χ2n) is 6.07. The monoisotopic (exact) mass is 208 g/mol. The van der Waals surface area contributed by atoms with E-state index in [9.17, 15) is 0 Å². The van der Waals surface area contributed by atoms with E-state index in [0.29, 0.717) is 11.0 Å². The van der Waals surface area contributed by atoms with Crippen molar-refractivity contribution in [1.29, 1.82) is 0 Å². The van der Waals surface area contributed by atoms with Crippen molar-refractivity contribution in [2.24, 2.45) is 5.41 Å². The van der Waals surface area contributed by atoms with Crippen LogP contribution in [0.1, 0.15) is 33.6 Å². The van der Waals surface area contributed by atoms with Crippen molar-refractivity contribution >= 4 is 0 Å². The second-order valence-corrected chi connectivity index (χ2v) is 6.07. The van der Waals surface area contributed by atoms with Crippen LogP contribution in [0.2, 0.25) is 0 Å². The van der Waals surface area contributed by atoms with E-state index in [4.69, 9.17) is 0 Å². The molecule has 2 aliphatic heterocycles. The summed E-state index contributed by atoms with van der Waals surface area (Å²) in [6, 6.07) is 0. The van der Waals surface area contributed by atoms with Gasteiger partial charge >= 0.3 is 0 Å². The molecule has 2 nitrogen and oxygen atoms in total. The van der Waals surface area contributed by atoms with Gasteiger partial charge in [-0.15, -0.1) is 0 Å². The highest BCUT2D eigenvalue weighted by Gasteiger charge is 2.36. The SMILES string of the molecule is CC(C)(C)N1CC=CC2(CCNCC2)C1. The summed E-state index contributed by atoms with van der Waals surface area (Å²) in [4.78, 5) is 2.61. The van der Waals surface area contributed by atoms with Gasteiger partial charge in [-0.2, -0.15) is 0 Å². The van der Waals surface area contributed by atoms with E-state index >= 15 is 0 Å². The van der Waals surface area contributed by atoms with Crippen LogP contribution in [0.15, 0.2) is 12.2 Å². The Kier molecular flexibility index (Phi) is 2.91. The molecule has 0 amide bonds. The maximum Gasteiger partial charge on any atom is 0.0168 e. The maximum absolute atomic E-state index is 3.46. The van der Waals surface area contributed by atoms with Crippen LogP contribution in [0.25, 0.3) is 0 Å². The fourth-order valence-corrected chi connectivity index (χ4v) is 2.69. The lowest BCUT2D eigenvalue weighted by Gasteiger charge is -2.46. The van der Waals surface area contributed by atoms with Crippen LogP contribution in [0.4, 0.5) is 0 Å². The Balaban J connectivity index is 2.09. The summed E-state index contributed by atoms with van der Waals surface area (Å²) >= 11 is 0. The second kappa shape index (κ2) is 3.91. The lowest BCUT2D eigenvalue weighted by atomic mass is 9.76. The molecule has 2 rings (SSSR count). The van der Waals surface area contributed by atoms with Crippen LogP contribution in [0.5, 0.6) is 0 Å². The molecule has 86 valence electrons. The normalized spacial score (nSPS) is 27.1. The van der Waals surface area contributed by atoms with Gasteiger partial charge in [-0.3, -0.25) is 4.90 Å². The van der Waals surface area contributed by atoms with Crippen molar-refractivity contribution in [1.82, 2.24) is 10.2 Å². The molecule has 1 spiro atoms. The molecule has 2 aliphatic rings. The molecule has 15 heavy (non-hydrogen) atoms. The van der Waals surface area contributed by atoms with Crippen LogP contribution in [-0.2, 0) is 0 Å². The highest BCUT2D eigenvalue weighted by atomic mass is 15.2. The molecule has 0 aliphatic carbocycles. The molecular weight excluding hydrogens is 184 g/mol. The van der Waals surface area contributed by atoms with E-state index in [1.54, 1.807) is 0 Å². The van der Waals surface area contributed by atoms with Gasteiger partial charge < -0.3 is 5.32 Å². The third-order valence-electron chi connectivity index (χ3n) is 3.85. The van der Waals surface area contributed by atoms with E-state index in [2.05, 4.69) is 43.1 Å². The molecule has 0 aromatic rings. The molecule has 0 unspecified atom stereocenters. The zero-order valence-electron chi connectivity index (χ0n) is 10.3. The summed E-state index contributed by atoms with van der Waals surface area (Å²) in [5, 5.41) is 3.46. The zero-order valence-corrected chi connectivity index (χ0v) is 10.3. The first-order chi connectivity index (χ1) is 7.02. The molecule has 0 radical (unpaired) electrons. The number of hydrogen-bond donors (Lipinski definition) is 1. The van der Waals surface area contributed by atoms with E-state index in [0.717, 1.165) is 6.54 Å². The Morgan fingerprint density at radius 3 is 2.47 bits per heavy atom. The number of hydrogen-bond acceptors (Lipinski definition) is 2. The van der Waals surface area contributed by atoms with E-state index in [1.807, 2.05) is 0 Å². The summed E-state index contributed by atoms with van der Waals surface area (Å²) in [5.74, 6) is 0. The molecule has 2 heteroatoms. The van der Waals surface area contributed by atoms with Crippen molar-refractivity contribution in [3.63, 3.8) is 0 Å². The highest BCUT2D eigenvalue weighted by Crippen LogP contribution is 2.35. The number of nitrogens with one attached hydrogen (secondary N) is 1. The Bertz CT molecular complexity index is 244. The van der Waals surface area contributed by atoms with Crippen LogP contribution >= 0.6 is 0 Å². The average molecular weight is 208 g/mol. The van der Waals surface area contributed by atoms with Gasteiger partial charge in [0, 0.05) is 24.0 Å². The number of rotatable bonds is 0. The Hall–Kier alpha value is -0.340. The van der Waals surface area contributed by atoms with Crippen molar-refractivity contribution < 1.29 is 0 Å². The predicted molar refractivity (Wildman–Crippen MR) is 65.0 cm³/mol. The third kappa shape index (κ3) is 2.43. The van der Waals surface area contributed by atoms with Crippen molar-refractivity contribution in [3.8, 4) is 0 Å². The molecule has 0 aromatic carbocycles. The topological polar surface area (TPSA) is 15.3 Å². The molecule has 0 saturated carbocycles. The van der Waals surface area contributed by atoms with Gasteiger partial charge in [-0.1, -0.05) is 12.2 Å². The van der Waals surface area contributed by atoms with Gasteiger partial charge in [0.05, 0.1) is 0 Å². The molecular formula is C13H24N2. The van der Waals surface area contributed by atoms with E-state index in [-0.39, 0.29) is 0 Å². The van der Waals surface area contributed by atoms with E-state index < -0.39 is 0 Å². The number of piperidine rings is 1. The van der Waals surface area contributed by atoms with Crippen LogP contribution in [0, 0.1) is 5.41 Å². The molecule has 1 N–H and O–H groups in total. The van der Waals surface area contributed by atoms with E-state index in [1.165, 1.54) is 32.5 Å². The van der Waals surface area contributed by atoms with Gasteiger partial charge in [-0.05, 0) is 46.7 Å². The van der Waals surface area contributed by atoms with Crippen LogP contribution < -0.4 is 5.32 Å². The first-order valence-corrected chi connectivity index (χ1v) is 6.15. The summed E-state index contributed by atoms with van der Waals surface area (Å²) in [5.41, 5.74) is 0.777.